The van der Waals surface area contributed by atoms with E-state index >= 15 is 0 Å². The smallest absolute Gasteiger partial charge is 0.303 e. The van der Waals surface area contributed by atoms with Gasteiger partial charge in [0.05, 0.1) is 5.39 Å². The van der Waals surface area contributed by atoms with Crippen molar-refractivity contribution in [2.75, 3.05) is 18.4 Å². The van der Waals surface area contributed by atoms with Crippen LogP contribution in [0, 0.1) is 0 Å². The summed E-state index contributed by atoms with van der Waals surface area (Å²) in [7, 11) is 0. The number of carboxylic acids is 1. The number of fused-ring (bicyclic) bond motifs is 1. The summed E-state index contributed by atoms with van der Waals surface area (Å²) < 4.78 is 0. The largest absolute Gasteiger partial charge is 0.481 e. The Morgan fingerprint density at radius 3 is 2.83 bits per heavy atom. The lowest BCUT2D eigenvalue weighted by Crippen LogP contribution is -2.26. The molecule has 124 valence electrons. The lowest BCUT2D eigenvalue weighted by molar-refractivity contribution is -0.137. The van der Waals surface area contributed by atoms with Crippen molar-refractivity contribution in [2.45, 2.75) is 32.6 Å². The molecule has 0 aromatic carbocycles. The van der Waals surface area contributed by atoms with Crippen molar-refractivity contribution >= 4 is 39.2 Å². The molecule has 0 bridgehead atoms. The quantitative estimate of drug-likeness (QED) is 0.605. The molecule has 2 heterocycles. The highest BCUT2D eigenvalue weighted by atomic mass is 32.1. The molecule has 0 fully saturated rings. The summed E-state index contributed by atoms with van der Waals surface area (Å²) >= 11 is 1.65. The molecule has 2 aromatic rings. The summed E-state index contributed by atoms with van der Waals surface area (Å²) in [6.07, 6.45) is 3.29. The standard InChI is InChI=1S/C15H20N4O3S/c1-2-10-8-11-14(18-9-19-15(11)23-10)17-7-5-12(20)16-6-3-4-13(21)22/h8-9H,2-7H2,1H3,(H,16,20)(H,21,22)(H,17,18,19). The number of aromatic nitrogens is 2. The minimum atomic E-state index is -0.851. The van der Waals surface area contributed by atoms with Gasteiger partial charge in [-0.15, -0.1) is 11.3 Å². The maximum Gasteiger partial charge on any atom is 0.303 e. The van der Waals surface area contributed by atoms with E-state index in [0.717, 1.165) is 22.5 Å². The number of anilines is 1. The van der Waals surface area contributed by atoms with Crippen LogP contribution in [0.3, 0.4) is 0 Å². The van der Waals surface area contributed by atoms with Crippen molar-refractivity contribution in [1.29, 1.82) is 0 Å². The van der Waals surface area contributed by atoms with Crippen LogP contribution in [0.2, 0.25) is 0 Å². The van der Waals surface area contributed by atoms with Crippen molar-refractivity contribution in [3.63, 3.8) is 0 Å². The molecule has 0 aliphatic heterocycles. The minimum absolute atomic E-state index is 0.0648. The summed E-state index contributed by atoms with van der Waals surface area (Å²) in [5.41, 5.74) is 0. The van der Waals surface area contributed by atoms with E-state index in [-0.39, 0.29) is 12.3 Å². The van der Waals surface area contributed by atoms with E-state index in [1.165, 1.54) is 11.2 Å². The Bertz CT molecular complexity index is 686. The molecule has 2 aromatic heterocycles. The fourth-order valence-electron chi connectivity index (χ4n) is 2.07. The molecular weight excluding hydrogens is 316 g/mol. The Morgan fingerprint density at radius 1 is 1.26 bits per heavy atom. The number of aliphatic carboxylic acids is 1. The van der Waals surface area contributed by atoms with Crippen LogP contribution < -0.4 is 10.6 Å². The zero-order valence-corrected chi connectivity index (χ0v) is 13.8. The van der Waals surface area contributed by atoms with Crippen LogP contribution in [0.4, 0.5) is 5.82 Å². The van der Waals surface area contributed by atoms with Gasteiger partial charge in [-0.2, -0.15) is 0 Å². The summed E-state index contributed by atoms with van der Waals surface area (Å²) in [5, 5.41) is 15.4. The Balaban J connectivity index is 1.79. The first kappa shape index (κ1) is 17.1. The number of carbonyl (C=O) groups is 2. The fraction of sp³-hybridized carbons (Fsp3) is 0.467. The van der Waals surface area contributed by atoms with Gasteiger partial charge in [0.15, 0.2) is 0 Å². The minimum Gasteiger partial charge on any atom is -0.481 e. The topological polar surface area (TPSA) is 104 Å². The number of thiophene rings is 1. The summed E-state index contributed by atoms with van der Waals surface area (Å²) in [5.74, 6) is -0.215. The van der Waals surface area contributed by atoms with Crippen LogP contribution in [-0.4, -0.2) is 40.0 Å². The maximum atomic E-state index is 11.7. The van der Waals surface area contributed by atoms with Crippen molar-refractivity contribution in [3.05, 3.63) is 17.3 Å². The van der Waals surface area contributed by atoms with Gasteiger partial charge in [0.1, 0.15) is 17.0 Å². The van der Waals surface area contributed by atoms with E-state index < -0.39 is 5.97 Å². The van der Waals surface area contributed by atoms with Gasteiger partial charge in [-0.1, -0.05) is 6.92 Å². The molecule has 2 rings (SSSR count). The van der Waals surface area contributed by atoms with E-state index in [0.29, 0.717) is 25.9 Å². The average Bonchev–Trinajstić information content (AvgIpc) is 2.95. The molecule has 0 aliphatic carbocycles. The molecule has 3 N–H and O–H groups in total. The molecule has 1 amide bonds. The molecule has 0 unspecified atom stereocenters. The first-order valence-electron chi connectivity index (χ1n) is 7.56. The third-order valence-electron chi connectivity index (χ3n) is 3.26. The lowest BCUT2D eigenvalue weighted by atomic mass is 10.3. The molecule has 0 saturated carbocycles. The number of carboxylic acid groups (broad SMARTS) is 1. The van der Waals surface area contributed by atoms with Crippen molar-refractivity contribution in [3.8, 4) is 0 Å². The first-order valence-corrected chi connectivity index (χ1v) is 8.37. The highest BCUT2D eigenvalue weighted by molar-refractivity contribution is 7.18. The molecule has 0 atom stereocenters. The van der Waals surface area contributed by atoms with Gasteiger partial charge < -0.3 is 15.7 Å². The second-order valence-corrected chi connectivity index (χ2v) is 6.15. The Morgan fingerprint density at radius 2 is 2.09 bits per heavy atom. The van der Waals surface area contributed by atoms with Gasteiger partial charge in [0.2, 0.25) is 5.91 Å². The summed E-state index contributed by atoms with van der Waals surface area (Å²) in [6, 6.07) is 2.08. The number of amides is 1. The SMILES string of the molecule is CCc1cc2c(NCCC(=O)NCCCC(=O)O)ncnc2s1. The first-order chi connectivity index (χ1) is 11.1. The van der Waals surface area contributed by atoms with Crippen LogP contribution >= 0.6 is 11.3 Å². The van der Waals surface area contributed by atoms with Gasteiger partial charge in [-0.25, -0.2) is 9.97 Å². The number of aryl methyl sites for hydroxylation is 1. The molecule has 23 heavy (non-hydrogen) atoms. The summed E-state index contributed by atoms with van der Waals surface area (Å²) in [6.45, 7) is 2.95. The van der Waals surface area contributed by atoms with Crippen LogP contribution in [0.25, 0.3) is 10.2 Å². The van der Waals surface area contributed by atoms with E-state index in [1.807, 2.05) is 0 Å². The van der Waals surface area contributed by atoms with E-state index in [1.54, 1.807) is 11.3 Å². The number of hydrogen-bond acceptors (Lipinski definition) is 6. The van der Waals surface area contributed by atoms with E-state index in [9.17, 15) is 9.59 Å². The highest BCUT2D eigenvalue weighted by Crippen LogP contribution is 2.28. The normalized spacial score (nSPS) is 10.7. The molecular formula is C15H20N4O3S. The third-order valence-corrected chi connectivity index (χ3v) is 4.45. The number of carbonyl (C=O) groups excluding carboxylic acids is 1. The zero-order valence-electron chi connectivity index (χ0n) is 13.0. The van der Waals surface area contributed by atoms with Crippen molar-refractivity contribution in [1.82, 2.24) is 15.3 Å². The van der Waals surface area contributed by atoms with E-state index in [4.69, 9.17) is 5.11 Å². The maximum absolute atomic E-state index is 11.7. The van der Waals surface area contributed by atoms with Crippen molar-refractivity contribution < 1.29 is 14.7 Å². The fourth-order valence-corrected chi connectivity index (χ4v) is 3.01. The highest BCUT2D eigenvalue weighted by Gasteiger charge is 2.08. The second kappa shape index (κ2) is 8.42. The van der Waals surface area contributed by atoms with Gasteiger partial charge in [-0.3, -0.25) is 9.59 Å². The molecule has 0 saturated heterocycles. The predicted molar refractivity (Wildman–Crippen MR) is 89.8 cm³/mol. The average molecular weight is 336 g/mol. The zero-order chi connectivity index (χ0) is 16.7. The number of nitrogens with zero attached hydrogens (tertiary/aromatic N) is 2. The molecule has 0 spiro atoms. The van der Waals surface area contributed by atoms with E-state index in [2.05, 4.69) is 33.6 Å². The van der Waals surface area contributed by atoms with Gasteiger partial charge in [0, 0.05) is 30.8 Å². The van der Waals surface area contributed by atoms with Crippen LogP contribution in [0.5, 0.6) is 0 Å². The molecule has 0 aliphatic rings. The third kappa shape index (κ3) is 5.17. The van der Waals surface area contributed by atoms with Gasteiger partial charge in [-0.05, 0) is 18.9 Å². The van der Waals surface area contributed by atoms with Crippen LogP contribution in [0.1, 0.15) is 31.1 Å². The van der Waals surface area contributed by atoms with Crippen molar-refractivity contribution in [2.24, 2.45) is 0 Å². The monoisotopic (exact) mass is 336 g/mol. The Labute approximate surface area is 138 Å². The number of rotatable bonds is 9. The Kier molecular flexibility index (Phi) is 6.28. The van der Waals surface area contributed by atoms with Gasteiger partial charge >= 0.3 is 5.97 Å². The molecule has 7 nitrogen and oxygen atoms in total. The number of nitrogens with one attached hydrogen (secondary N) is 2. The second-order valence-electron chi connectivity index (χ2n) is 5.03. The summed E-state index contributed by atoms with van der Waals surface area (Å²) in [4.78, 5) is 32.7. The van der Waals surface area contributed by atoms with Crippen LogP contribution in [0.15, 0.2) is 12.4 Å². The van der Waals surface area contributed by atoms with Gasteiger partial charge in [0.25, 0.3) is 0 Å². The Hall–Kier alpha value is -2.22. The molecule has 0 radical (unpaired) electrons. The molecule has 8 heteroatoms. The lowest BCUT2D eigenvalue weighted by Gasteiger charge is -2.07. The number of hydrogen-bond donors (Lipinski definition) is 3. The van der Waals surface area contributed by atoms with Crippen LogP contribution in [-0.2, 0) is 16.0 Å². The predicted octanol–water partition coefficient (Wildman–Crippen LogP) is 2.04.